The van der Waals surface area contributed by atoms with Crippen LogP contribution in [0, 0.1) is 0 Å². The summed E-state index contributed by atoms with van der Waals surface area (Å²) in [5.74, 6) is 1.58. The molecule has 140 valence electrons. The van der Waals surface area contributed by atoms with Gasteiger partial charge in [-0.2, -0.15) is 0 Å². The van der Waals surface area contributed by atoms with E-state index in [0.29, 0.717) is 36.2 Å². The first-order valence-corrected chi connectivity index (χ1v) is 9.00. The molecule has 1 heterocycles. The molecule has 1 N–H and O–H groups in total. The summed E-state index contributed by atoms with van der Waals surface area (Å²) in [6.07, 6.45) is 1.45. The van der Waals surface area contributed by atoms with E-state index >= 15 is 0 Å². The Labute approximate surface area is 162 Å². The van der Waals surface area contributed by atoms with E-state index in [1.54, 1.807) is 7.11 Å². The maximum absolute atomic E-state index is 12.0. The molecule has 3 rings (SSSR count). The summed E-state index contributed by atoms with van der Waals surface area (Å²) in [6.45, 7) is 0.571. The number of nitrogens with one attached hydrogen (secondary N) is 1. The first kappa shape index (κ1) is 18.9. The average molecular weight is 386 g/mol. The van der Waals surface area contributed by atoms with E-state index in [4.69, 9.17) is 20.8 Å². The lowest BCUT2D eigenvalue weighted by molar-refractivity contribution is -0.121. The lowest BCUT2D eigenvalue weighted by atomic mass is 10.1. The Kier molecular flexibility index (Phi) is 6.44. The van der Waals surface area contributed by atoms with Crippen LogP contribution in [-0.4, -0.2) is 29.8 Å². The molecule has 1 amide bonds. The number of aryl methyl sites for hydroxylation is 1. The molecule has 0 aliphatic carbocycles. The lowest BCUT2D eigenvalue weighted by Crippen LogP contribution is -2.25. The van der Waals surface area contributed by atoms with E-state index in [2.05, 4.69) is 15.5 Å². The van der Waals surface area contributed by atoms with Crippen LogP contribution in [0.3, 0.4) is 0 Å². The predicted octanol–water partition coefficient (Wildman–Crippen LogP) is 3.69. The van der Waals surface area contributed by atoms with Crippen molar-refractivity contribution >= 4 is 17.5 Å². The van der Waals surface area contributed by atoms with Gasteiger partial charge in [0.05, 0.1) is 7.11 Å². The molecule has 0 aliphatic rings. The topological polar surface area (TPSA) is 77.2 Å². The normalized spacial score (nSPS) is 10.6. The van der Waals surface area contributed by atoms with Gasteiger partial charge in [0.1, 0.15) is 5.75 Å². The molecule has 3 aromatic rings. The highest BCUT2D eigenvalue weighted by molar-refractivity contribution is 6.30. The number of hydrogen-bond acceptors (Lipinski definition) is 5. The molecule has 7 heteroatoms. The highest BCUT2D eigenvalue weighted by Gasteiger charge is 2.10. The SMILES string of the molecule is COc1ccc(-c2nnc(CCC(=O)NCCc3ccc(Cl)cc3)o2)cc1. The van der Waals surface area contributed by atoms with Gasteiger partial charge in [-0.25, -0.2) is 0 Å². The van der Waals surface area contributed by atoms with Crippen molar-refractivity contribution in [2.75, 3.05) is 13.7 Å². The zero-order chi connectivity index (χ0) is 19.1. The smallest absolute Gasteiger partial charge is 0.247 e. The maximum Gasteiger partial charge on any atom is 0.247 e. The number of amides is 1. The number of ether oxygens (including phenoxy) is 1. The lowest BCUT2D eigenvalue weighted by Gasteiger charge is -2.04. The summed E-state index contributed by atoms with van der Waals surface area (Å²) >= 11 is 5.85. The fourth-order valence-electron chi connectivity index (χ4n) is 2.51. The van der Waals surface area contributed by atoms with E-state index in [9.17, 15) is 4.79 Å². The Morgan fingerprint density at radius 3 is 2.52 bits per heavy atom. The molecule has 0 bridgehead atoms. The van der Waals surface area contributed by atoms with Gasteiger partial charge < -0.3 is 14.5 Å². The van der Waals surface area contributed by atoms with Crippen molar-refractivity contribution in [3.8, 4) is 17.2 Å². The minimum absolute atomic E-state index is 0.0480. The number of carbonyl (C=O) groups is 1. The van der Waals surface area contributed by atoms with E-state index in [-0.39, 0.29) is 5.91 Å². The molecule has 2 aromatic carbocycles. The van der Waals surface area contributed by atoms with Gasteiger partial charge in [0, 0.05) is 30.0 Å². The first-order chi connectivity index (χ1) is 13.1. The number of nitrogens with zero attached hydrogens (tertiary/aromatic N) is 2. The van der Waals surface area contributed by atoms with Crippen LogP contribution < -0.4 is 10.1 Å². The second-order valence-electron chi connectivity index (χ2n) is 5.96. The van der Waals surface area contributed by atoms with Gasteiger partial charge in [-0.1, -0.05) is 23.7 Å². The highest BCUT2D eigenvalue weighted by Crippen LogP contribution is 2.21. The number of halogens is 1. The molecule has 0 atom stereocenters. The fourth-order valence-corrected chi connectivity index (χ4v) is 2.64. The van der Waals surface area contributed by atoms with Crippen LogP contribution in [-0.2, 0) is 17.6 Å². The van der Waals surface area contributed by atoms with Crippen LogP contribution in [0.2, 0.25) is 5.02 Å². The molecule has 0 fully saturated rings. The number of aromatic nitrogens is 2. The second-order valence-corrected chi connectivity index (χ2v) is 6.39. The van der Waals surface area contributed by atoms with E-state index < -0.39 is 0 Å². The standard InChI is InChI=1S/C20H20ClN3O3/c1-26-17-8-4-15(5-9-17)20-24-23-19(27-20)11-10-18(25)22-13-12-14-2-6-16(21)7-3-14/h2-9H,10-13H2,1H3,(H,22,25). The predicted molar refractivity (Wildman–Crippen MR) is 103 cm³/mol. The van der Waals surface area contributed by atoms with Crippen LogP contribution >= 0.6 is 11.6 Å². The van der Waals surface area contributed by atoms with Crippen molar-refractivity contribution in [1.82, 2.24) is 15.5 Å². The first-order valence-electron chi connectivity index (χ1n) is 8.62. The van der Waals surface area contributed by atoms with Crippen molar-refractivity contribution in [3.63, 3.8) is 0 Å². The summed E-state index contributed by atoms with van der Waals surface area (Å²) in [6, 6.07) is 14.9. The number of methoxy groups -OCH3 is 1. The number of carbonyl (C=O) groups excluding carboxylic acids is 1. The van der Waals surface area contributed by atoms with Gasteiger partial charge in [0.15, 0.2) is 0 Å². The largest absolute Gasteiger partial charge is 0.497 e. The Hall–Kier alpha value is -2.86. The summed E-state index contributed by atoms with van der Waals surface area (Å²) in [5, 5.41) is 11.6. The van der Waals surface area contributed by atoms with Crippen molar-refractivity contribution in [3.05, 3.63) is 65.0 Å². The van der Waals surface area contributed by atoms with E-state index in [1.165, 1.54) is 0 Å². The Bertz CT molecular complexity index is 876. The molecule has 0 spiro atoms. The molecule has 27 heavy (non-hydrogen) atoms. The van der Waals surface area contributed by atoms with E-state index in [0.717, 1.165) is 23.3 Å². The van der Waals surface area contributed by atoms with Gasteiger partial charge in [0.25, 0.3) is 0 Å². The van der Waals surface area contributed by atoms with Crippen LogP contribution in [0.1, 0.15) is 17.9 Å². The van der Waals surface area contributed by atoms with Crippen molar-refractivity contribution in [2.24, 2.45) is 0 Å². The molecular formula is C20H20ClN3O3. The van der Waals surface area contributed by atoms with Crippen molar-refractivity contribution < 1.29 is 13.9 Å². The molecule has 0 radical (unpaired) electrons. The molecule has 0 aliphatic heterocycles. The number of rotatable bonds is 8. The van der Waals surface area contributed by atoms with Gasteiger partial charge in [-0.05, 0) is 48.4 Å². The Balaban J connectivity index is 1.43. The summed E-state index contributed by atoms with van der Waals surface area (Å²) in [4.78, 5) is 12.0. The summed E-state index contributed by atoms with van der Waals surface area (Å²) in [5.41, 5.74) is 1.93. The van der Waals surface area contributed by atoms with Gasteiger partial charge >= 0.3 is 0 Å². The van der Waals surface area contributed by atoms with Gasteiger partial charge in [-0.15, -0.1) is 10.2 Å². The summed E-state index contributed by atoms with van der Waals surface area (Å²) in [7, 11) is 1.61. The van der Waals surface area contributed by atoms with Gasteiger partial charge in [0.2, 0.25) is 17.7 Å². The highest BCUT2D eigenvalue weighted by atomic mass is 35.5. The second kappa shape index (κ2) is 9.19. The molecule has 0 unspecified atom stereocenters. The van der Waals surface area contributed by atoms with E-state index in [1.807, 2.05) is 48.5 Å². The number of benzene rings is 2. The molecule has 0 saturated carbocycles. The zero-order valence-corrected chi connectivity index (χ0v) is 15.7. The fraction of sp³-hybridized carbons (Fsp3) is 0.250. The van der Waals surface area contributed by atoms with Crippen LogP contribution in [0.4, 0.5) is 0 Å². The number of hydrogen-bond donors (Lipinski definition) is 1. The minimum Gasteiger partial charge on any atom is -0.497 e. The van der Waals surface area contributed by atoms with Crippen LogP contribution in [0.15, 0.2) is 52.9 Å². The molecule has 0 saturated heterocycles. The van der Waals surface area contributed by atoms with Crippen LogP contribution in [0.5, 0.6) is 5.75 Å². The average Bonchev–Trinajstić information content (AvgIpc) is 3.17. The quantitative estimate of drug-likeness (QED) is 0.639. The third-order valence-corrected chi connectivity index (χ3v) is 4.27. The summed E-state index contributed by atoms with van der Waals surface area (Å²) < 4.78 is 10.7. The maximum atomic E-state index is 12.0. The van der Waals surface area contributed by atoms with Crippen molar-refractivity contribution in [1.29, 1.82) is 0 Å². The van der Waals surface area contributed by atoms with Crippen LogP contribution in [0.25, 0.3) is 11.5 Å². The molecular weight excluding hydrogens is 366 g/mol. The van der Waals surface area contributed by atoms with Gasteiger partial charge in [-0.3, -0.25) is 4.79 Å². The molecule has 1 aromatic heterocycles. The minimum atomic E-state index is -0.0480. The van der Waals surface area contributed by atoms with Crippen molar-refractivity contribution in [2.45, 2.75) is 19.3 Å². The molecule has 6 nitrogen and oxygen atoms in total. The third kappa shape index (κ3) is 5.56. The Morgan fingerprint density at radius 2 is 1.81 bits per heavy atom. The Morgan fingerprint density at radius 1 is 1.07 bits per heavy atom. The third-order valence-electron chi connectivity index (χ3n) is 4.02. The zero-order valence-electron chi connectivity index (χ0n) is 14.9. The monoisotopic (exact) mass is 385 g/mol.